The second kappa shape index (κ2) is 6.78. The molecule has 1 aromatic rings. The second-order valence-corrected chi connectivity index (χ2v) is 5.37. The third kappa shape index (κ3) is 3.86. The average Bonchev–Trinajstić information content (AvgIpc) is 2.45. The molecule has 116 valence electrons. The van der Waals surface area contributed by atoms with Gasteiger partial charge in [0.15, 0.2) is 0 Å². The van der Waals surface area contributed by atoms with Gasteiger partial charge in [0.25, 0.3) is 0 Å². The highest BCUT2D eigenvalue weighted by molar-refractivity contribution is 5.90. The molecule has 1 atom stereocenters. The van der Waals surface area contributed by atoms with Crippen molar-refractivity contribution in [2.45, 2.75) is 13.0 Å². The molecule has 1 aliphatic rings. The van der Waals surface area contributed by atoms with Gasteiger partial charge in [0.05, 0.1) is 29.6 Å². The van der Waals surface area contributed by atoms with E-state index in [4.69, 9.17) is 15.6 Å². The summed E-state index contributed by atoms with van der Waals surface area (Å²) in [6.07, 6.45) is 0.141. The maximum absolute atomic E-state index is 11.0. The van der Waals surface area contributed by atoms with E-state index in [2.05, 4.69) is 23.8 Å². The van der Waals surface area contributed by atoms with Gasteiger partial charge in [-0.3, -0.25) is 0 Å². The standard InChI is InChI=1S/C15H23N3O3/c1-3-18(10-12-9-17(2)6-7-21-12)14-5-4-11(15(19)20)8-13(14)16/h4-5,8,12H,3,6-7,9-10,16H2,1-2H3,(H,19,20). The first-order valence-corrected chi connectivity index (χ1v) is 7.19. The summed E-state index contributed by atoms with van der Waals surface area (Å²) in [5.74, 6) is -0.964. The van der Waals surface area contributed by atoms with Gasteiger partial charge < -0.3 is 25.4 Å². The zero-order chi connectivity index (χ0) is 15.4. The fourth-order valence-corrected chi connectivity index (χ4v) is 2.60. The van der Waals surface area contributed by atoms with Gasteiger partial charge in [0.2, 0.25) is 0 Å². The van der Waals surface area contributed by atoms with Crippen LogP contribution >= 0.6 is 0 Å². The third-order valence-electron chi connectivity index (χ3n) is 3.76. The Hall–Kier alpha value is -1.79. The summed E-state index contributed by atoms with van der Waals surface area (Å²) in [6.45, 7) is 6.18. The molecule has 0 amide bonds. The number of carboxylic acid groups (broad SMARTS) is 1. The Morgan fingerprint density at radius 3 is 2.90 bits per heavy atom. The lowest BCUT2D eigenvalue weighted by molar-refractivity contribution is -0.0146. The topological polar surface area (TPSA) is 79.0 Å². The van der Waals surface area contributed by atoms with Crippen molar-refractivity contribution < 1.29 is 14.6 Å². The van der Waals surface area contributed by atoms with Crippen LogP contribution in [0.15, 0.2) is 18.2 Å². The highest BCUT2D eigenvalue weighted by atomic mass is 16.5. The van der Waals surface area contributed by atoms with Gasteiger partial charge in [-0.2, -0.15) is 0 Å². The SMILES string of the molecule is CCN(CC1CN(C)CCO1)c1ccc(C(=O)O)cc1N. The van der Waals surface area contributed by atoms with E-state index < -0.39 is 5.97 Å². The molecule has 2 rings (SSSR count). The van der Waals surface area contributed by atoms with Crippen molar-refractivity contribution in [2.24, 2.45) is 0 Å². The number of ether oxygens (including phenoxy) is 1. The third-order valence-corrected chi connectivity index (χ3v) is 3.76. The number of carboxylic acids is 1. The number of hydrogen-bond acceptors (Lipinski definition) is 5. The molecule has 0 aromatic heterocycles. The molecule has 1 saturated heterocycles. The van der Waals surface area contributed by atoms with Crippen molar-refractivity contribution in [3.05, 3.63) is 23.8 Å². The minimum absolute atomic E-state index is 0.141. The molecule has 1 fully saturated rings. The van der Waals surface area contributed by atoms with Crippen LogP contribution in [-0.2, 0) is 4.74 Å². The summed E-state index contributed by atoms with van der Waals surface area (Å²) in [5.41, 5.74) is 7.57. The molecular weight excluding hydrogens is 270 g/mol. The second-order valence-electron chi connectivity index (χ2n) is 5.37. The Morgan fingerprint density at radius 1 is 1.57 bits per heavy atom. The van der Waals surface area contributed by atoms with Crippen LogP contribution in [0.1, 0.15) is 17.3 Å². The Morgan fingerprint density at radius 2 is 2.33 bits per heavy atom. The molecule has 0 bridgehead atoms. The predicted molar refractivity (Wildman–Crippen MR) is 82.9 cm³/mol. The minimum Gasteiger partial charge on any atom is -0.478 e. The van der Waals surface area contributed by atoms with Gasteiger partial charge in [0, 0.05) is 26.2 Å². The van der Waals surface area contributed by atoms with Crippen molar-refractivity contribution in [3.8, 4) is 0 Å². The van der Waals surface area contributed by atoms with Crippen molar-refractivity contribution in [1.29, 1.82) is 0 Å². The fraction of sp³-hybridized carbons (Fsp3) is 0.533. The number of nitrogens with zero attached hydrogens (tertiary/aromatic N) is 2. The van der Waals surface area contributed by atoms with E-state index in [0.717, 1.165) is 38.5 Å². The summed E-state index contributed by atoms with van der Waals surface area (Å²) >= 11 is 0. The Bertz CT molecular complexity index is 507. The van der Waals surface area contributed by atoms with Crippen molar-refractivity contribution in [3.63, 3.8) is 0 Å². The summed E-state index contributed by atoms with van der Waals surface area (Å²) in [6, 6.07) is 4.87. The number of aromatic carboxylic acids is 1. The van der Waals surface area contributed by atoms with Crippen LogP contribution in [0.4, 0.5) is 11.4 Å². The number of hydrogen-bond donors (Lipinski definition) is 2. The Kier molecular flexibility index (Phi) is 5.03. The molecule has 3 N–H and O–H groups in total. The lowest BCUT2D eigenvalue weighted by Gasteiger charge is -2.34. The Labute approximate surface area is 125 Å². The van der Waals surface area contributed by atoms with E-state index >= 15 is 0 Å². The van der Waals surface area contributed by atoms with E-state index in [-0.39, 0.29) is 11.7 Å². The van der Waals surface area contributed by atoms with E-state index in [9.17, 15) is 4.79 Å². The van der Waals surface area contributed by atoms with Gasteiger partial charge in [-0.1, -0.05) is 0 Å². The van der Waals surface area contributed by atoms with E-state index in [1.165, 1.54) is 6.07 Å². The minimum atomic E-state index is -0.964. The normalized spacial score (nSPS) is 19.4. The molecule has 1 aromatic carbocycles. The van der Waals surface area contributed by atoms with Crippen LogP contribution in [0.2, 0.25) is 0 Å². The summed E-state index contributed by atoms with van der Waals surface area (Å²) in [7, 11) is 2.09. The zero-order valence-electron chi connectivity index (χ0n) is 12.6. The average molecular weight is 293 g/mol. The smallest absolute Gasteiger partial charge is 0.335 e. The molecular formula is C15H23N3O3. The van der Waals surface area contributed by atoms with Crippen molar-refractivity contribution in [1.82, 2.24) is 4.90 Å². The highest BCUT2D eigenvalue weighted by Crippen LogP contribution is 2.25. The largest absolute Gasteiger partial charge is 0.478 e. The molecule has 1 unspecified atom stereocenters. The van der Waals surface area contributed by atoms with Gasteiger partial charge in [-0.15, -0.1) is 0 Å². The molecule has 1 heterocycles. The van der Waals surface area contributed by atoms with Gasteiger partial charge >= 0.3 is 5.97 Å². The van der Waals surface area contributed by atoms with Gasteiger partial charge in [-0.25, -0.2) is 4.79 Å². The molecule has 6 nitrogen and oxygen atoms in total. The molecule has 6 heteroatoms. The van der Waals surface area contributed by atoms with Crippen molar-refractivity contribution in [2.75, 3.05) is 50.5 Å². The fourth-order valence-electron chi connectivity index (χ4n) is 2.60. The van der Waals surface area contributed by atoms with Gasteiger partial charge in [0.1, 0.15) is 0 Å². The number of nitrogen functional groups attached to an aromatic ring is 1. The first kappa shape index (κ1) is 15.6. The van der Waals surface area contributed by atoms with Crippen molar-refractivity contribution >= 4 is 17.3 Å². The molecule has 0 radical (unpaired) electrons. The Balaban J connectivity index is 2.11. The lowest BCUT2D eigenvalue weighted by atomic mass is 10.1. The first-order chi connectivity index (χ1) is 10.0. The number of nitrogens with two attached hydrogens (primary N) is 1. The van der Waals surface area contributed by atoms with Crippen LogP contribution in [0.25, 0.3) is 0 Å². The molecule has 21 heavy (non-hydrogen) atoms. The molecule has 0 spiro atoms. The van der Waals surface area contributed by atoms with Crippen LogP contribution in [0, 0.1) is 0 Å². The van der Waals surface area contributed by atoms with E-state index in [0.29, 0.717) is 5.69 Å². The monoisotopic (exact) mass is 293 g/mol. The van der Waals surface area contributed by atoms with Gasteiger partial charge in [-0.05, 0) is 32.2 Å². The van der Waals surface area contributed by atoms with E-state index in [1.54, 1.807) is 12.1 Å². The molecule has 1 aliphatic heterocycles. The predicted octanol–water partition coefficient (Wildman–Crippen LogP) is 1.12. The first-order valence-electron chi connectivity index (χ1n) is 7.19. The molecule has 0 aliphatic carbocycles. The van der Waals surface area contributed by atoms with Crippen LogP contribution < -0.4 is 10.6 Å². The molecule has 0 saturated carbocycles. The number of likely N-dealkylation sites (N-methyl/N-ethyl adjacent to an activating group) is 2. The van der Waals surface area contributed by atoms with E-state index in [1.807, 2.05) is 0 Å². The number of anilines is 2. The number of benzene rings is 1. The summed E-state index contributed by atoms with van der Waals surface area (Å²) < 4.78 is 5.79. The number of morpholine rings is 1. The van der Waals surface area contributed by atoms with Crippen LogP contribution in [0.5, 0.6) is 0 Å². The maximum atomic E-state index is 11.0. The number of rotatable bonds is 5. The quantitative estimate of drug-likeness (QED) is 0.792. The van der Waals surface area contributed by atoms with Crippen LogP contribution in [0.3, 0.4) is 0 Å². The maximum Gasteiger partial charge on any atom is 0.335 e. The number of carbonyl (C=O) groups is 1. The lowest BCUT2D eigenvalue weighted by Crippen LogP contribution is -2.46. The highest BCUT2D eigenvalue weighted by Gasteiger charge is 2.21. The summed E-state index contributed by atoms with van der Waals surface area (Å²) in [4.78, 5) is 15.3. The summed E-state index contributed by atoms with van der Waals surface area (Å²) in [5, 5.41) is 8.99. The van der Waals surface area contributed by atoms with Crippen LogP contribution in [-0.4, -0.2) is 61.9 Å². The zero-order valence-corrected chi connectivity index (χ0v) is 12.6.